The second-order valence-electron chi connectivity index (χ2n) is 4.49. The minimum atomic E-state index is 0.302. The van der Waals surface area contributed by atoms with Gasteiger partial charge in [0.2, 0.25) is 0 Å². The fourth-order valence-electron chi connectivity index (χ4n) is 1.96. The van der Waals surface area contributed by atoms with Crippen LogP contribution >= 0.6 is 23.8 Å². The first-order valence-corrected chi connectivity index (χ1v) is 7.14. The van der Waals surface area contributed by atoms with E-state index in [-0.39, 0.29) is 0 Å². The Hall–Kier alpha value is -1.85. The summed E-state index contributed by atoms with van der Waals surface area (Å²) in [6.45, 7) is 2.37. The molecule has 0 aliphatic carbocycles. The quantitative estimate of drug-likeness (QED) is 0.827. The number of methoxy groups -OCH3 is 1. The predicted octanol–water partition coefficient (Wildman–Crippen LogP) is 3.30. The zero-order chi connectivity index (χ0) is 15.4. The van der Waals surface area contributed by atoms with Gasteiger partial charge in [-0.25, -0.2) is 4.98 Å². The highest BCUT2D eigenvalue weighted by molar-refractivity contribution is 7.80. The number of anilines is 1. The lowest BCUT2D eigenvalue weighted by Crippen LogP contribution is -2.15. The monoisotopic (exact) mass is 321 g/mol. The number of benzene rings is 1. The average molecular weight is 322 g/mol. The van der Waals surface area contributed by atoms with Crippen LogP contribution in [-0.2, 0) is 6.54 Å². The van der Waals surface area contributed by atoms with Gasteiger partial charge in [0.25, 0.3) is 0 Å². The summed E-state index contributed by atoms with van der Waals surface area (Å²) >= 11 is 11.3. The van der Waals surface area contributed by atoms with Gasteiger partial charge < -0.3 is 15.8 Å². The summed E-state index contributed by atoms with van der Waals surface area (Å²) in [6, 6.07) is 9.25. The predicted molar refractivity (Wildman–Crippen MR) is 90.2 cm³/mol. The molecule has 0 aliphatic heterocycles. The number of hydrogen-bond donors (Lipinski definition) is 2. The van der Waals surface area contributed by atoms with Crippen LogP contribution in [0.15, 0.2) is 30.3 Å². The fraction of sp³-hybridized carbons (Fsp3) is 0.200. The summed E-state index contributed by atoms with van der Waals surface area (Å²) < 4.78 is 5.32. The first kappa shape index (κ1) is 15.5. The van der Waals surface area contributed by atoms with Gasteiger partial charge in [-0.1, -0.05) is 29.9 Å². The molecule has 2 rings (SSSR count). The molecule has 0 aliphatic rings. The van der Waals surface area contributed by atoms with E-state index in [4.69, 9.17) is 34.3 Å². The third-order valence-electron chi connectivity index (χ3n) is 3.03. The summed E-state index contributed by atoms with van der Waals surface area (Å²) in [4.78, 5) is 4.73. The molecule has 0 amide bonds. The van der Waals surface area contributed by atoms with E-state index < -0.39 is 0 Å². The molecule has 6 heteroatoms. The number of ether oxygens (including phenoxy) is 1. The van der Waals surface area contributed by atoms with Crippen molar-refractivity contribution in [3.8, 4) is 5.75 Å². The van der Waals surface area contributed by atoms with E-state index in [1.54, 1.807) is 7.11 Å². The summed E-state index contributed by atoms with van der Waals surface area (Å²) in [6.07, 6.45) is 0. The van der Waals surface area contributed by atoms with E-state index in [1.165, 1.54) is 0 Å². The topological polar surface area (TPSA) is 60.2 Å². The van der Waals surface area contributed by atoms with Crippen molar-refractivity contribution in [3.63, 3.8) is 0 Å². The second-order valence-corrected chi connectivity index (χ2v) is 5.33. The van der Waals surface area contributed by atoms with E-state index in [2.05, 4.69) is 10.3 Å². The maximum Gasteiger partial charge on any atom is 0.136 e. The molecule has 0 spiro atoms. The molecule has 0 atom stereocenters. The summed E-state index contributed by atoms with van der Waals surface area (Å²) in [5.41, 5.74) is 8.17. The van der Waals surface area contributed by atoms with Crippen molar-refractivity contribution in [1.29, 1.82) is 0 Å². The summed E-state index contributed by atoms with van der Waals surface area (Å²) in [5, 5.41) is 3.86. The van der Waals surface area contributed by atoms with Crippen molar-refractivity contribution in [3.05, 3.63) is 52.2 Å². The van der Waals surface area contributed by atoms with Gasteiger partial charge >= 0.3 is 0 Å². The largest absolute Gasteiger partial charge is 0.496 e. The molecule has 4 nitrogen and oxygen atoms in total. The van der Waals surface area contributed by atoms with Gasteiger partial charge in [0.05, 0.1) is 12.7 Å². The Morgan fingerprint density at radius 3 is 2.81 bits per heavy atom. The highest BCUT2D eigenvalue weighted by atomic mass is 35.5. The number of thiocarbonyl (C=S) groups is 1. The minimum Gasteiger partial charge on any atom is -0.496 e. The van der Waals surface area contributed by atoms with Gasteiger partial charge in [-0.05, 0) is 31.2 Å². The molecule has 1 aromatic heterocycles. The lowest BCUT2D eigenvalue weighted by Gasteiger charge is -2.14. The highest BCUT2D eigenvalue weighted by Gasteiger charge is 2.11. The molecule has 1 heterocycles. The number of rotatable bonds is 5. The van der Waals surface area contributed by atoms with Crippen LogP contribution in [0.3, 0.4) is 0 Å². The van der Waals surface area contributed by atoms with Crippen molar-refractivity contribution in [2.75, 3.05) is 12.4 Å². The fourth-order valence-corrected chi connectivity index (χ4v) is 2.36. The molecule has 3 N–H and O–H groups in total. The van der Waals surface area contributed by atoms with E-state index in [9.17, 15) is 0 Å². The summed E-state index contributed by atoms with van der Waals surface area (Å²) in [7, 11) is 1.61. The molecule has 2 aromatic rings. The Balaban J connectivity index is 2.28. The number of halogens is 1. The van der Waals surface area contributed by atoms with Crippen LogP contribution in [-0.4, -0.2) is 17.1 Å². The first-order chi connectivity index (χ1) is 10.0. The zero-order valence-corrected chi connectivity index (χ0v) is 13.4. The van der Waals surface area contributed by atoms with Crippen molar-refractivity contribution in [1.82, 2.24) is 4.98 Å². The summed E-state index contributed by atoms with van der Waals surface area (Å²) in [5.74, 6) is 1.36. The van der Waals surface area contributed by atoms with Crippen LogP contribution in [0.1, 0.15) is 16.8 Å². The molecule has 0 saturated carbocycles. The lowest BCUT2D eigenvalue weighted by molar-refractivity contribution is 0.410. The third-order valence-corrected chi connectivity index (χ3v) is 3.60. The van der Waals surface area contributed by atoms with Gasteiger partial charge in [-0.2, -0.15) is 0 Å². The number of aromatic nitrogens is 1. The van der Waals surface area contributed by atoms with Gasteiger partial charge in [0.1, 0.15) is 16.6 Å². The molecule has 0 radical (unpaired) electrons. The number of aryl methyl sites for hydroxylation is 1. The highest BCUT2D eigenvalue weighted by Crippen LogP contribution is 2.27. The van der Waals surface area contributed by atoms with E-state index in [0.717, 1.165) is 17.0 Å². The maximum atomic E-state index is 6.22. The minimum absolute atomic E-state index is 0.302. The molecule has 21 heavy (non-hydrogen) atoms. The van der Waals surface area contributed by atoms with Crippen molar-refractivity contribution < 1.29 is 4.74 Å². The lowest BCUT2D eigenvalue weighted by atomic mass is 10.2. The van der Waals surface area contributed by atoms with E-state index in [0.29, 0.717) is 27.9 Å². The Kier molecular flexibility index (Phi) is 4.98. The van der Waals surface area contributed by atoms with Crippen molar-refractivity contribution in [2.24, 2.45) is 5.73 Å². The number of hydrogen-bond acceptors (Lipinski definition) is 4. The zero-order valence-electron chi connectivity index (χ0n) is 11.8. The van der Waals surface area contributed by atoms with Gasteiger partial charge in [-0.3, -0.25) is 0 Å². The molecule has 0 unspecified atom stereocenters. The standard InChI is InChI=1S/C15H16ClN3OS/c1-9-6-7-10(14(17)21)15(19-9)18-8-11-12(16)4-3-5-13(11)20-2/h3-7H,8H2,1-2H3,(H2,17,21)(H,18,19). The smallest absolute Gasteiger partial charge is 0.136 e. The Labute approximate surface area is 134 Å². The first-order valence-electron chi connectivity index (χ1n) is 6.35. The van der Waals surface area contributed by atoms with Crippen LogP contribution in [0.25, 0.3) is 0 Å². The molecule has 1 aromatic carbocycles. The van der Waals surface area contributed by atoms with Gasteiger partial charge in [0.15, 0.2) is 0 Å². The Morgan fingerprint density at radius 2 is 2.14 bits per heavy atom. The number of nitrogens with one attached hydrogen (secondary N) is 1. The van der Waals surface area contributed by atoms with Crippen LogP contribution in [0.4, 0.5) is 5.82 Å². The van der Waals surface area contributed by atoms with Gasteiger partial charge in [-0.15, -0.1) is 0 Å². The third kappa shape index (κ3) is 3.62. The molecule has 0 fully saturated rings. The van der Waals surface area contributed by atoms with Crippen molar-refractivity contribution >= 4 is 34.6 Å². The second kappa shape index (κ2) is 6.74. The number of pyridine rings is 1. The Morgan fingerprint density at radius 1 is 1.38 bits per heavy atom. The SMILES string of the molecule is COc1cccc(Cl)c1CNc1nc(C)ccc1C(N)=S. The molecule has 110 valence electrons. The Bertz CT molecular complexity index is 676. The van der Waals surface area contributed by atoms with E-state index >= 15 is 0 Å². The molecular formula is C15H16ClN3OS. The van der Waals surface area contributed by atoms with E-state index in [1.807, 2.05) is 37.3 Å². The molecular weight excluding hydrogens is 306 g/mol. The van der Waals surface area contributed by atoms with Crippen LogP contribution < -0.4 is 15.8 Å². The molecule has 0 saturated heterocycles. The maximum absolute atomic E-state index is 6.22. The normalized spacial score (nSPS) is 10.2. The number of nitrogens with zero attached hydrogens (tertiary/aromatic N) is 1. The number of nitrogens with two attached hydrogens (primary N) is 1. The molecule has 0 bridgehead atoms. The van der Waals surface area contributed by atoms with Crippen LogP contribution in [0.5, 0.6) is 5.75 Å². The van der Waals surface area contributed by atoms with Crippen molar-refractivity contribution in [2.45, 2.75) is 13.5 Å². The van der Waals surface area contributed by atoms with Crippen LogP contribution in [0, 0.1) is 6.92 Å². The van der Waals surface area contributed by atoms with Crippen LogP contribution in [0.2, 0.25) is 5.02 Å². The average Bonchev–Trinajstić information content (AvgIpc) is 2.45. The van der Waals surface area contributed by atoms with Gasteiger partial charge in [0, 0.05) is 22.8 Å².